The van der Waals surface area contributed by atoms with E-state index in [1.54, 1.807) is 12.1 Å². The van der Waals surface area contributed by atoms with E-state index in [9.17, 15) is 14.0 Å². The van der Waals surface area contributed by atoms with E-state index in [1.807, 2.05) is 0 Å². The summed E-state index contributed by atoms with van der Waals surface area (Å²) in [5.41, 5.74) is 6.00. The van der Waals surface area contributed by atoms with Crippen molar-refractivity contribution in [3.8, 4) is 11.6 Å². The third-order valence-corrected chi connectivity index (χ3v) is 3.27. The summed E-state index contributed by atoms with van der Waals surface area (Å²) < 4.78 is 18.9. The molecule has 1 unspecified atom stereocenters. The minimum Gasteiger partial charge on any atom is -0.481 e. The molecule has 2 rings (SSSR count). The van der Waals surface area contributed by atoms with Crippen molar-refractivity contribution in [1.29, 1.82) is 0 Å². The zero-order valence-corrected chi connectivity index (χ0v) is 15.4. The molecule has 0 radical (unpaired) electrons. The van der Waals surface area contributed by atoms with E-state index in [4.69, 9.17) is 27.2 Å². The third kappa shape index (κ3) is 7.65. The molecule has 0 spiro atoms. The molecule has 1 aromatic heterocycles. The van der Waals surface area contributed by atoms with Crippen molar-refractivity contribution in [2.45, 2.75) is 12.5 Å². The Morgan fingerprint density at radius 1 is 1.33 bits per heavy atom. The normalized spacial score (nSPS) is 11.1. The van der Waals surface area contributed by atoms with Gasteiger partial charge in [-0.05, 0) is 30.3 Å². The second-order valence-electron chi connectivity index (χ2n) is 5.26. The second-order valence-corrected chi connectivity index (χ2v) is 5.70. The number of rotatable bonds is 7. The van der Waals surface area contributed by atoms with Crippen molar-refractivity contribution < 1.29 is 23.8 Å². The first-order valence-electron chi connectivity index (χ1n) is 7.44. The summed E-state index contributed by atoms with van der Waals surface area (Å²) in [5.74, 6) is -1.65. The van der Waals surface area contributed by atoms with Crippen molar-refractivity contribution in [3.05, 3.63) is 47.4 Å². The highest BCUT2D eigenvalue weighted by Crippen LogP contribution is 2.25. The van der Waals surface area contributed by atoms with Crippen LogP contribution in [-0.2, 0) is 4.79 Å². The number of aromatic nitrogens is 1. The van der Waals surface area contributed by atoms with Crippen LogP contribution in [-0.4, -0.2) is 34.7 Å². The number of aliphatic carboxylic acids is 1. The standard InChI is InChI=1S/C16H16ClFN4O4.ClH/c17-9-5-13(18)15(20-7-9)26-12-3-1-11(2-4-12)22-16(25)21-8-10(19)6-14(23)24;/h1-5,7,10H,6,8,19H2,(H,23,24)(H2,21,22,25);1H. The number of benzene rings is 1. The molecule has 1 aromatic carbocycles. The monoisotopic (exact) mass is 418 g/mol. The number of carbonyl (C=O) groups is 2. The minimum absolute atomic E-state index is 0. The molecule has 2 amide bonds. The Balaban J connectivity index is 0.00000364. The number of carboxylic acids is 1. The molecular formula is C16H17Cl2FN4O4. The molecule has 1 heterocycles. The van der Waals surface area contributed by atoms with Crippen LogP contribution < -0.4 is 21.1 Å². The molecule has 27 heavy (non-hydrogen) atoms. The van der Waals surface area contributed by atoms with E-state index in [0.717, 1.165) is 6.07 Å². The van der Waals surface area contributed by atoms with Crippen LogP contribution in [0, 0.1) is 5.82 Å². The lowest BCUT2D eigenvalue weighted by Crippen LogP contribution is -2.40. The van der Waals surface area contributed by atoms with Gasteiger partial charge in [0.15, 0.2) is 5.82 Å². The van der Waals surface area contributed by atoms with Crippen LogP contribution in [0.25, 0.3) is 0 Å². The van der Waals surface area contributed by atoms with Gasteiger partial charge in [0, 0.05) is 24.5 Å². The predicted octanol–water partition coefficient (Wildman–Crippen LogP) is 3.01. The highest BCUT2D eigenvalue weighted by Gasteiger charge is 2.10. The average molecular weight is 419 g/mol. The maximum absolute atomic E-state index is 13.6. The smallest absolute Gasteiger partial charge is 0.319 e. The number of hydrogen-bond donors (Lipinski definition) is 4. The summed E-state index contributed by atoms with van der Waals surface area (Å²) in [6.45, 7) is 0.0147. The molecule has 0 bridgehead atoms. The maximum Gasteiger partial charge on any atom is 0.319 e. The lowest BCUT2D eigenvalue weighted by Gasteiger charge is -2.12. The van der Waals surface area contributed by atoms with Crippen LogP contribution in [0.5, 0.6) is 11.6 Å². The molecule has 1 atom stereocenters. The third-order valence-electron chi connectivity index (χ3n) is 3.06. The zero-order chi connectivity index (χ0) is 19.1. The number of pyridine rings is 1. The van der Waals surface area contributed by atoms with E-state index in [0.29, 0.717) is 11.4 Å². The summed E-state index contributed by atoms with van der Waals surface area (Å²) in [7, 11) is 0. The number of nitrogens with two attached hydrogens (primary N) is 1. The number of anilines is 1. The Morgan fingerprint density at radius 2 is 2.00 bits per heavy atom. The molecule has 0 aliphatic heterocycles. The van der Waals surface area contributed by atoms with Gasteiger partial charge < -0.3 is 26.2 Å². The van der Waals surface area contributed by atoms with E-state index < -0.39 is 23.9 Å². The van der Waals surface area contributed by atoms with Gasteiger partial charge in [0.25, 0.3) is 5.88 Å². The molecular weight excluding hydrogens is 402 g/mol. The van der Waals surface area contributed by atoms with Gasteiger partial charge in [-0.2, -0.15) is 0 Å². The van der Waals surface area contributed by atoms with Crippen LogP contribution in [0.2, 0.25) is 5.02 Å². The van der Waals surface area contributed by atoms with Crippen LogP contribution in [0.3, 0.4) is 0 Å². The second kappa shape index (κ2) is 10.5. The van der Waals surface area contributed by atoms with E-state index in [2.05, 4.69) is 15.6 Å². The number of halogens is 3. The molecule has 0 aliphatic rings. The average Bonchev–Trinajstić information content (AvgIpc) is 2.57. The number of urea groups is 1. The first-order valence-corrected chi connectivity index (χ1v) is 7.82. The predicted molar refractivity (Wildman–Crippen MR) is 100 cm³/mol. The van der Waals surface area contributed by atoms with Gasteiger partial charge in [0.1, 0.15) is 5.75 Å². The fraction of sp³-hybridized carbons (Fsp3) is 0.188. The number of amides is 2. The maximum atomic E-state index is 13.6. The number of nitrogens with zero attached hydrogens (tertiary/aromatic N) is 1. The van der Waals surface area contributed by atoms with Crippen molar-refractivity contribution >= 4 is 41.7 Å². The minimum atomic E-state index is -1.04. The van der Waals surface area contributed by atoms with Crippen molar-refractivity contribution in [1.82, 2.24) is 10.3 Å². The molecule has 0 saturated heterocycles. The molecule has 2 aromatic rings. The van der Waals surface area contributed by atoms with Gasteiger partial charge in [-0.25, -0.2) is 14.2 Å². The van der Waals surface area contributed by atoms with Crippen molar-refractivity contribution in [2.75, 3.05) is 11.9 Å². The van der Waals surface area contributed by atoms with Crippen molar-refractivity contribution in [2.24, 2.45) is 5.73 Å². The summed E-state index contributed by atoms with van der Waals surface area (Å²) >= 11 is 5.62. The van der Waals surface area contributed by atoms with E-state index in [-0.39, 0.29) is 36.3 Å². The largest absolute Gasteiger partial charge is 0.481 e. The number of hydrogen-bond acceptors (Lipinski definition) is 5. The molecule has 0 aliphatic carbocycles. The van der Waals surface area contributed by atoms with Gasteiger partial charge in [-0.1, -0.05) is 11.6 Å². The summed E-state index contributed by atoms with van der Waals surface area (Å²) in [6.07, 6.45) is 1.01. The van der Waals surface area contributed by atoms with Gasteiger partial charge >= 0.3 is 12.0 Å². The van der Waals surface area contributed by atoms with Crippen molar-refractivity contribution in [3.63, 3.8) is 0 Å². The van der Waals surface area contributed by atoms with Crippen LogP contribution in [0.15, 0.2) is 36.5 Å². The molecule has 0 fully saturated rings. The van der Waals surface area contributed by atoms with Gasteiger partial charge in [-0.3, -0.25) is 4.79 Å². The lowest BCUT2D eigenvalue weighted by atomic mass is 10.2. The van der Waals surface area contributed by atoms with E-state index >= 15 is 0 Å². The number of carbonyl (C=O) groups excluding carboxylic acids is 1. The van der Waals surface area contributed by atoms with Crippen LogP contribution in [0.1, 0.15) is 6.42 Å². The summed E-state index contributed by atoms with van der Waals surface area (Å²) in [4.78, 5) is 26.0. The summed E-state index contributed by atoms with van der Waals surface area (Å²) in [5, 5.41) is 13.8. The molecule has 0 saturated carbocycles. The fourth-order valence-corrected chi connectivity index (χ4v) is 2.04. The number of nitrogens with one attached hydrogen (secondary N) is 2. The fourth-order valence-electron chi connectivity index (χ4n) is 1.89. The molecule has 8 nitrogen and oxygen atoms in total. The molecule has 146 valence electrons. The lowest BCUT2D eigenvalue weighted by molar-refractivity contribution is -0.137. The van der Waals surface area contributed by atoms with Gasteiger partial charge in [-0.15, -0.1) is 12.4 Å². The van der Waals surface area contributed by atoms with Crippen LogP contribution >= 0.6 is 24.0 Å². The Labute approximate surface area is 165 Å². The topological polar surface area (TPSA) is 127 Å². The van der Waals surface area contributed by atoms with Crippen LogP contribution in [0.4, 0.5) is 14.9 Å². The number of ether oxygens (including phenoxy) is 1. The highest BCUT2D eigenvalue weighted by molar-refractivity contribution is 6.30. The highest BCUT2D eigenvalue weighted by atomic mass is 35.5. The first-order chi connectivity index (χ1) is 12.3. The SMILES string of the molecule is Cl.NC(CNC(=O)Nc1ccc(Oc2ncc(Cl)cc2F)cc1)CC(=O)O. The Bertz CT molecular complexity index is 792. The quantitative estimate of drug-likeness (QED) is 0.547. The zero-order valence-electron chi connectivity index (χ0n) is 13.8. The first kappa shape index (κ1) is 22.4. The Kier molecular flexibility index (Phi) is 8.73. The van der Waals surface area contributed by atoms with E-state index in [1.165, 1.54) is 18.3 Å². The summed E-state index contributed by atoms with van der Waals surface area (Å²) in [6, 6.07) is 5.97. The Morgan fingerprint density at radius 3 is 2.59 bits per heavy atom. The molecule has 11 heteroatoms. The Hall–Kier alpha value is -2.62. The van der Waals surface area contributed by atoms with Gasteiger partial charge in [0.2, 0.25) is 0 Å². The van der Waals surface area contributed by atoms with Gasteiger partial charge in [0.05, 0.1) is 11.4 Å². The molecule has 5 N–H and O–H groups in total. The number of carboxylic acid groups (broad SMARTS) is 1.